The second-order valence-corrected chi connectivity index (χ2v) is 3.89. The van der Waals surface area contributed by atoms with Crippen molar-refractivity contribution in [2.24, 2.45) is 0 Å². The first-order valence-electron chi connectivity index (χ1n) is 5.25. The zero-order chi connectivity index (χ0) is 11.0. The number of fused-ring (bicyclic) bond motifs is 3. The van der Waals surface area contributed by atoms with Gasteiger partial charge in [-0.3, -0.25) is 4.79 Å². The van der Waals surface area contributed by atoms with E-state index >= 15 is 0 Å². The number of hydrogen-bond acceptors (Lipinski definition) is 1. The minimum atomic E-state index is 0.725. The van der Waals surface area contributed by atoms with Crippen LogP contribution >= 0.6 is 0 Å². The Labute approximate surface area is 93.3 Å². The van der Waals surface area contributed by atoms with E-state index in [1.807, 2.05) is 30.3 Å². The first-order valence-corrected chi connectivity index (χ1v) is 5.25. The molecule has 0 bridgehead atoms. The Morgan fingerprint density at radius 3 is 2.38 bits per heavy atom. The third kappa shape index (κ3) is 1.29. The summed E-state index contributed by atoms with van der Waals surface area (Å²) in [6, 6.07) is 18.2. The highest BCUT2D eigenvalue weighted by molar-refractivity contribution is 6.08. The highest BCUT2D eigenvalue weighted by Gasteiger charge is 2.00. The van der Waals surface area contributed by atoms with Crippen LogP contribution in [-0.4, -0.2) is 6.29 Å². The second-order valence-electron chi connectivity index (χ2n) is 3.89. The van der Waals surface area contributed by atoms with Gasteiger partial charge in [-0.25, -0.2) is 0 Å². The van der Waals surface area contributed by atoms with Crippen LogP contribution in [0.15, 0.2) is 54.6 Å². The summed E-state index contributed by atoms with van der Waals surface area (Å²) in [6.45, 7) is 0. The van der Waals surface area contributed by atoms with Gasteiger partial charge in [-0.1, -0.05) is 48.5 Å². The number of aldehydes is 1. The largest absolute Gasteiger partial charge is 0.298 e. The third-order valence-electron chi connectivity index (χ3n) is 2.91. The lowest BCUT2D eigenvalue weighted by atomic mass is 10.0. The van der Waals surface area contributed by atoms with Crippen molar-refractivity contribution in [3.63, 3.8) is 0 Å². The van der Waals surface area contributed by atoms with Crippen molar-refractivity contribution in [1.29, 1.82) is 0 Å². The van der Waals surface area contributed by atoms with Gasteiger partial charge in [0.25, 0.3) is 0 Å². The van der Waals surface area contributed by atoms with E-state index in [4.69, 9.17) is 0 Å². The molecule has 1 nitrogen and oxygen atoms in total. The van der Waals surface area contributed by atoms with Crippen LogP contribution in [-0.2, 0) is 0 Å². The maximum absolute atomic E-state index is 10.7. The van der Waals surface area contributed by atoms with Crippen molar-refractivity contribution < 1.29 is 4.79 Å². The van der Waals surface area contributed by atoms with Crippen molar-refractivity contribution in [1.82, 2.24) is 0 Å². The number of benzene rings is 3. The summed E-state index contributed by atoms with van der Waals surface area (Å²) in [5, 5.41) is 4.78. The Morgan fingerprint density at radius 2 is 1.50 bits per heavy atom. The predicted octanol–water partition coefficient (Wildman–Crippen LogP) is 3.81. The molecule has 0 spiro atoms. The second kappa shape index (κ2) is 3.46. The van der Waals surface area contributed by atoms with Gasteiger partial charge < -0.3 is 0 Å². The van der Waals surface area contributed by atoms with Crippen molar-refractivity contribution in [3.8, 4) is 0 Å². The Balaban J connectivity index is 2.47. The minimum absolute atomic E-state index is 0.725. The fraction of sp³-hybridized carbons (Fsp3) is 0. The molecule has 3 aromatic carbocycles. The molecular weight excluding hydrogens is 196 g/mol. The standard InChI is InChI=1S/C15H10O/c16-10-11-5-8-15-13(9-11)7-6-12-3-1-2-4-14(12)15/h1-10H. The van der Waals surface area contributed by atoms with Crippen LogP contribution in [0.25, 0.3) is 21.5 Å². The predicted molar refractivity (Wildman–Crippen MR) is 66.8 cm³/mol. The molecule has 0 aliphatic rings. The molecule has 0 saturated carbocycles. The van der Waals surface area contributed by atoms with Gasteiger partial charge in [0.05, 0.1) is 0 Å². The first kappa shape index (κ1) is 9.10. The Morgan fingerprint density at radius 1 is 0.750 bits per heavy atom. The van der Waals surface area contributed by atoms with E-state index in [1.54, 1.807) is 0 Å². The fourth-order valence-electron chi connectivity index (χ4n) is 2.10. The summed E-state index contributed by atoms with van der Waals surface area (Å²) in [7, 11) is 0. The number of carbonyl (C=O) groups is 1. The average Bonchev–Trinajstić information content (AvgIpc) is 2.38. The summed E-state index contributed by atoms with van der Waals surface area (Å²) in [5.41, 5.74) is 0.725. The van der Waals surface area contributed by atoms with Crippen LogP contribution in [0.4, 0.5) is 0 Å². The van der Waals surface area contributed by atoms with Crippen molar-refractivity contribution in [2.45, 2.75) is 0 Å². The van der Waals surface area contributed by atoms with Gasteiger partial charge in [0.2, 0.25) is 0 Å². The molecule has 3 rings (SSSR count). The molecule has 16 heavy (non-hydrogen) atoms. The topological polar surface area (TPSA) is 17.1 Å². The van der Waals surface area contributed by atoms with Crippen molar-refractivity contribution >= 4 is 27.8 Å². The first-order chi connectivity index (χ1) is 7.88. The van der Waals surface area contributed by atoms with Crippen LogP contribution in [0, 0.1) is 0 Å². The molecule has 76 valence electrons. The molecule has 3 aromatic rings. The normalized spacial score (nSPS) is 10.8. The maximum atomic E-state index is 10.7. The minimum Gasteiger partial charge on any atom is -0.298 e. The van der Waals surface area contributed by atoms with Gasteiger partial charge in [-0.05, 0) is 27.6 Å². The number of hydrogen-bond donors (Lipinski definition) is 0. The molecular formula is C15H10O. The van der Waals surface area contributed by atoms with Crippen LogP contribution in [0.3, 0.4) is 0 Å². The van der Waals surface area contributed by atoms with E-state index in [9.17, 15) is 4.79 Å². The molecule has 0 atom stereocenters. The van der Waals surface area contributed by atoms with Gasteiger partial charge in [0.15, 0.2) is 0 Å². The molecule has 0 aromatic heterocycles. The van der Waals surface area contributed by atoms with Gasteiger partial charge >= 0.3 is 0 Å². The smallest absolute Gasteiger partial charge is 0.150 e. The van der Waals surface area contributed by atoms with Crippen LogP contribution in [0.1, 0.15) is 10.4 Å². The van der Waals surface area contributed by atoms with Gasteiger partial charge in [-0.15, -0.1) is 0 Å². The van der Waals surface area contributed by atoms with Crippen molar-refractivity contribution in [3.05, 3.63) is 60.2 Å². The summed E-state index contributed by atoms with van der Waals surface area (Å²) in [6.07, 6.45) is 0.884. The van der Waals surface area contributed by atoms with E-state index in [-0.39, 0.29) is 0 Å². The molecule has 0 amide bonds. The zero-order valence-corrected chi connectivity index (χ0v) is 8.68. The van der Waals surface area contributed by atoms with Gasteiger partial charge in [0.1, 0.15) is 6.29 Å². The fourth-order valence-corrected chi connectivity index (χ4v) is 2.10. The molecule has 0 fully saturated rings. The summed E-state index contributed by atoms with van der Waals surface area (Å²) >= 11 is 0. The van der Waals surface area contributed by atoms with E-state index < -0.39 is 0 Å². The molecule has 1 heteroatoms. The number of carbonyl (C=O) groups excluding carboxylic acids is 1. The van der Waals surface area contributed by atoms with Gasteiger partial charge in [-0.2, -0.15) is 0 Å². The van der Waals surface area contributed by atoms with E-state index in [1.165, 1.54) is 16.2 Å². The molecule has 0 heterocycles. The number of rotatable bonds is 1. The Kier molecular flexibility index (Phi) is 1.97. The average molecular weight is 206 g/mol. The highest BCUT2D eigenvalue weighted by Crippen LogP contribution is 2.25. The molecule has 0 saturated heterocycles. The van der Waals surface area contributed by atoms with Crippen LogP contribution in [0.5, 0.6) is 0 Å². The van der Waals surface area contributed by atoms with E-state index in [0.29, 0.717) is 0 Å². The van der Waals surface area contributed by atoms with Gasteiger partial charge in [0, 0.05) is 5.56 Å². The zero-order valence-electron chi connectivity index (χ0n) is 8.68. The van der Waals surface area contributed by atoms with E-state index in [0.717, 1.165) is 17.2 Å². The third-order valence-corrected chi connectivity index (χ3v) is 2.91. The maximum Gasteiger partial charge on any atom is 0.150 e. The van der Waals surface area contributed by atoms with E-state index in [2.05, 4.69) is 24.3 Å². The van der Waals surface area contributed by atoms with Crippen molar-refractivity contribution in [2.75, 3.05) is 0 Å². The monoisotopic (exact) mass is 206 g/mol. The molecule has 0 aliphatic heterocycles. The molecule has 0 unspecified atom stereocenters. The molecule has 0 radical (unpaired) electrons. The summed E-state index contributed by atoms with van der Waals surface area (Å²) < 4.78 is 0. The molecule has 0 aliphatic carbocycles. The highest BCUT2D eigenvalue weighted by atomic mass is 16.1. The van der Waals surface area contributed by atoms with Crippen LogP contribution in [0.2, 0.25) is 0 Å². The summed E-state index contributed by atoms with van der Waals surface area (Å²) in [4.78, 5) is 10.7. The Bertz CT molecular complexity index is 683. The lowest BCUT2D eigenvalue weighted by Gasteiger charge is -2.03. The Hall–Kier alpha value is -2.15. The summed E-state index contributed by atoms with van der Waals surface area (Å²) in [5.74, 6) is 0. The van der Waals surface area contributed by atoms with Crippen LogP contribution < -0.4 is 0 Å². The lowest BCUT2D eigenvalue weighted by Crippen LogP contribution is -1.81. The quantitative estimate of drug-likeness (QED) is 0.437. The lowest BCUT2D eigenvalue weighted by molar-refractivity contribution is 0.112. The SMILES string of the molecule is O=Cc1ccc2c(ccc3ccccc32)c1. The molecule has 0 N–H and O–H groups in total.